The minimum absolute atomic E-state index is 0.410. The lowest BCUT2D eigenvalue weighted by atomic mass is 9.99. The van der Waals surface area contributed by atoms with E-state index >= 15 is 0 Å². The summed E-state index contributed by atoms with van der Waals surface area (Å²) < 4.78 is 4.89. The second kappa shape index (κ2) is 1.84. The normalized spacial score (nSPS) is 22.1. The Balaban J connectivity index is 2.27. The highest BCUT2D eigenvalue weighted by atomic mass is 16.5. The number of rotatable bonds is 1. The Kier molecular flexibility index (Phi) is 1.09. The van der Waals surface area contributed by atoms with Gasteiger partial charge in [0.1, 0.15) is 0 Å². The molecule has 1 aromatic heterocycles. The van der Waals surface area contributed by atoms with Crippen molar-refractivity contribution in [3.8, 4) is 0 Å². The van der Waals surface area contributed by atoms with E-state index in [-0.39, 0.29) is 0 Å². The molecule has 2 rings (SSSR count). The van der Waals surface area contributed by atoms with Crippen LogP contribution in [0.25, 0.3) is 0 Å². The number of H-pyrrole nitrogens is 1. The first-order valence-electron chi connectivity index (χ1n) is 3.25. The standard InChI is InChI=1S/C7H9NO2/c9-7(4-10-5-7)6-2-1-3-8-6/h1-3,8-9H,4-5H2. The van der Waals surface area contributed by atoms with Gasteiger partial charge in [0.15, 0.2) is 5.60 Å². The monoisotopic (exact) mass is 139 g/mol. The van der Waals surface area contributed by atoms with E-state index < -0.39 is 5.60 Å². The van der Waals surface area contributed by atoms with Gasteiger partial charge in [0, 0.05) is 6.20 Å². The lowest BCUT2D eigenvalue weighted by Crippen LogP contribution is -2.46. The Hall–Kier alpha value is -0.800. The molecule has 1 fully saturated rings. The van der Waals surface area contributed by atoms with Crippen molar-refractivity contribution in [3.05, 3.63) is 24.0 Å². The number of hydrogen-bond donors (Lipinski definition) is 2. The van der Waals surface area contributed by atoms with Crippen molar-refractivity contribution in [2.45, 2.75) is 5.60 Å². The summed E-state index contributed by atoms with van der Waals surface area (Å²) in [4.78, 5) is 2.95. The smallest absolute Gasteiger partial charge is 0.151 e. The third-order valence-corrected chi connectivity index (χ3v) is 1.78. The molecule has 0 spiro atoms. The minimum Gasteiger partial charge on any atom is -0.379 e. The van der Waals surface area contributed by atoms with E-state index in [2.05, 4.69) is 4.98 Å². The molecule has 10 heavy (non-hydrogen) atoms. The molecule has 2 N–H and O–H groups in total. The lowest BCUT2D eigenvalue weighted by molar-refractivity contribution is -0.186. The van der Waals surface area contributed by atoms with Gasteiger partial charge in [-0.3, -0.25) is 0 Å². The second-order valence-electron chi connectivity index (χ2n) is 2.61. The Morgan fingerprint density at radius 2 is 2.40 bits per heavy atom. The molecule has 0 amide bonds. The molecule has 0 saturated carbocycles. The predicted octanol–water partition coefficient (Wildman–Crippen LogP) is 0.232. The number of aromatic nitrogens is 1. The van der Waals surface area contributed by atoms with Crippen molar-refractivity contribution in [3.63, 3.8) is 0 Å². The summed E-state index contributed by atoms with van der Waals surface area (Å²) in [6.45, 7) is 0.820. The summed E-state index contributed by atoms with van der Waals surface area (Å²) in [5.74, 6) is 0. The third kappa shape index (κ3) is 0.678. The number of ether oxygens (including phenoxy) is 1. The second-order valence-corrected chi connectivity index (χ2v) is 2.61. The van der Waals surface area contributed by atoms with Crippen molar-refractivity contribution >= 4 is 0 Å². The quantitative estimate of drug-likeness (QED) is 0.585. The summed E-state index contributed by atoms with van der Waals surface area (Å²) in [5.41, 5.74) is 0.113. The molecule has 54 valence electrons. The molecule has 0 unspecified atom stereocenters. The Morgan fingerprint density at radius 3 is 2.80 bits per heavy atom. The Labute approximate surface area is 58.6 Å². The van der Waals surface area contributed by atoms with Crippen LogP contribution in [0.4, 0.5) is 0 Å². The third-order valence-electron chi connectivity index (χ3n) is 1.78. The van der Waals surface area contributed by atoms with Gasteiger partial charge in [0.25, 0.3) is 0 Å². The van der Waals surface area contributed by atoms with E-state index in [9.17, 15) is 5.11 Å². The first-order chi connectivity index (χ1) is 4.81. The SMILES string of the molecule is OC1(c2ccc[nH]2)COC1. The van der Waals surface area contributed by atoms with Crippen molar-refractivity contribution in [2.24, 2.45) is 0 Å². The lowest BCUT2D eigenvalue weighted by Gasteiger charge is -2.35. The zero-order valence-electron chi connectivity index (χ0n) is 5.50. The van der Waals surface area contributed by atoms with Crippen LogP contribution >= 0.6 is 0 Å². The highest BCUT2D eigenvalue weighted by Crippen LogP contribution is 2.27. The topological polar surface area (TPSA) is 45.2 Å². The van der Waals surface area contributed by atoms with E-state index in [0.29, 0.717) is 13.2 Å². The van der Waals surface area contributed by atoms with Crippen LogP contribution in [-0.2, 0) is 10.3 Å². The zero-order chi connectivity index (χ0) is 7.03. The molecule has 3 heteroatoms. The molecule has 2 heterocycles. The molecule has 0 bridgehead atoms. The van der Waals surface area contributed by atoms with E-state index in [1.807, 2.05) is 12.1 Å². The first-order valence-corrected chi connectivity index (χ1v) is 3.25. The van der Waals surface area contributed by atoms with Gasteiger partial charge in [0.05, 0.1) is 18.9 Å². The van der Waals surface area contributed by atoms with Gasteiger partial charge in [-0.2, -0.15) is 0 Å². The average molecular weight is 139 g/mol. The first kappa shape index (κ1) is 5.95. The molecule has 0 aromatic carbocycles. The molecule has 1 aliphatic rings. The molecular formula is C7H9NO2. The molecule has 1 aliphatic heterocycles. The molecule has 0 aliphatic carbocycles. The summed E-state index contributed by atoms with van der Waals surface area (Å²) >= 11 is 0. The number of nitrogens with one attached hydrogen (secondary N) is 1. The highest BCUT2D eigenvalue weighted by Gasteiger charge is 2.38. The molecule has 1 aromatic rings. The van der Waals surface area contributed by atoms with E-state index in [0.717, 1.165) is 5.69 Å². The van der Waals surface area contributed by atoms with Crippen LogP contribution < -0.4 is 0 Å². The van der Waals surface area contributed by atoms with Gasteiger partial charge in [0.2, 0.25) is 0 Å². The van der Waals surface area contributed by atoms with Gasteiger partial charge >= 0.3 is 0 Å². The maximum atomic E-state index is 9.61. The minimum atomic E-state index is -0.733. The van der Waals surface area contributed by atoms with Crippen LogP contribution in [0.2, 0.25) is 0 Å². The number of aromatic amines is 1. The van der Waals surface area contributed by atoms with Crippen LogP contribution in [0.3, 0.4) is 0 Å². The fourth-order valence-corrected chi connectivity index (χ4v) is 1.07. The summed E-state index contributed by atoms with van der Waals surface area (Å²) in [6, 6.07) is 3.73. The number of hydrogen-bond acceptors (Lipinski definition) is 2. The van der Waals surface area contributed by atoms with Gasteiger partial charge < -0.3 is 14.8 Å². The van der Waals surface area contributed by atoms with E-state index in [1.54, 1.807) is 6.20 Å². The van der Waals surface area contributed by atoms with Crippen LogP contribution in [0.15, 0.2) is 18.3 Å². The van der Waals surface area contributed by atoms with Gasteiger partial charge in [-0.25, -0.2) is 0 Å². The van der Waals surface area contributed by atoms with Crippen molar-refractivity contribution in [2.75, 3.05) is 13.2 Å². The predicted molar refractivity (Wildman–Crippen MR) is 35.5 cm³/mol. The average Bonchev–Trinajstić information content (AvgIpc) is 2.33. The summed E-state index contributed by atoms with van der Waals surface area (Å²) in [7, 11) is 0. The summed E-state index contributed by atoms with van der Waals surface area (Å²) in [6.07, 6.45) is 1.80. The molecule has 1 saturated heterocycles. The Bertz CT molecular complexity index is 214. The summed E-state index contributed by atoms with van der Waals surface area (Å²) in [5, 5.41) is 9.61. The van der Waals surface area contributed by atoms with Crippen LogP contribution in [0.1, 0.15) is 5.69 Å². The highest BCUT2D eigenvalue weighted by molar-refractivity contribution is 5.15. The van der Waals surface area contributed by atoms with Crippen LogP contribution in [0.5, 0.6) is 0 Å². The largest absolute Gasteiger partial charge is 0.379 e. The van der Waals surface area contributed by atoms with Crippen molar-refractivity contribution < 1.29 is 9.84 Å². The van der Waals surface area contributed by atoms with E-state index in [1.165, 1.54) is 0 Å². The maximum absolute atomic E-state index is 9.61. The van der Waals surface area contributed by atoms with Crippen molar-refractivity contribution in [1.29, 1.82) is 0 Å². The number of aliphatic hydroxyl groups is 1. The van der Waals surface area contributed by atoms with Crippen LogP contribution in [-0.4, -0.2) is 23.3 Å². The fraction of sp³-hybridized carbons (Fsp3) is 0.429. The van der Waals surface area contributed by atoms with Crippen LogP contribution in [0, 0.1) is 0 Å². The zero-order valence-corrected chi connectivity index (χ0v) is 5.50. The molecular weight excluding hydrogens is 130 g/mol. The molecule has 0 radical (unpaired) electrons. The fourth-order valence-electron chi connectivity index (χ4n) is 1.07. The Morgan fingerprint density at radius 1 is 1.60 bits per heavy atom. The van der Waals surface area contributed by atoms with Gasteiger partial charge in [-0.05, 0) is 12.1 Å². The van der Waals surface area contributed by atoms with E-state index in [4.69, 9.17) is 4.74 Å². The van der Waals surface area contributed by atoms with Gasteiger partial charge in [-0.1, -0.05) is 0 Å². The van der Waals surface area contributed by atoms with Gasteiger partial charge in [-0.15, -0.1) is 0 Å². The molecule has 3 nitrogen and oxygen atoms in total. The molecule has 0 atom stereocenters. The van der Waals surface area contributed by atoms with Crippen molar-refractivity contribution in [1.82, 2.24) is 4.98 Å². The maximum Gasteiger partial charge on any atom is 0.151 e.